The molecule has 7 aromatic rings. The van der Waals surface area contributed by atoms with Crippen LogP contribution in [-0.2, 0) is 26.4 Å². The molecular weight excluding hydrogens is 639 g/mol. The SMILES string of the molecule is Cn1[c](=[Pt])n(-c2cccc(Oc3ccc4c5ccccc5n(-c5ccccn5)c4c3)c2)c2ccccc21. The van der Waals surface area contributed by atoms with Crippen molar-refractivity contribution in [1.29, 1.82) is 0 Å². The first kappa shape index (κ1) is 22.0. The third-order valence-corrected chi connectivity index (χ3v) is 8.02. The van der Waals surface area contributed by atoms with Crippen LogP contribution in [0.1, 0.15) is 0 Å². The number of hydrogen-bond donors (Lipinski definition) is 0. The second-order valence-electron chi connectivity index (χ2n) is 8.94. The molecule has 0 bridgehead atoms. The molecule has 3 aromatic heterocycles. The maximum atomic E-state index is 6.44. The second-order valence-corrected chi connectivity index (χ2v) is 9.96. The Morgan fingerprint density at radius 2 is 1.35 bits per heavy atom. The Kier molecular flexibility index (Phi) is 5.19. The third kappa shape index (κ3) is 3.58. The molecule has 0 unspecified atom stereocenters. The van der Waals surface area contributed by atoms with E-state index in [1.165, 1.54) is 16.3 Å². The Bertz CT molecular complexity index is 2000. The summed E-state index contributed by atoms with van der Waals surface area (Å²) in [6.45, 7) is 0. The zero-order valence-corrected chi connectivity index (χ0v) is 22.3. The summed E-state index contributed by atoms with van der Waals surface area (Å²) in [5, 5.41) is 2.36. The molecule has 7 rings (SSSR count). The molecule has 0 fully saturated rings. The van der Waals surface area contributed by atoms with Crippen LogP contribution in [0.2, 0.25) is 0 Å². The number of aryl methyl sites for hydroxylation is 1. The van der Waals surface area contributed by atoms with E-state index < -0.39 is 0 Å². The first-order chi connectivity index (χ1) is 18.2. The molecule has 0 saturated heterocycles. The van der Waals surface area contributed by atoms with Gasteiger partial charge < -0.3 is 0 Å². The molecule has 37 heavy (non-hydrogen) atoms. The van der Waals surface area contributed by atoms with Crippen LogP contribution in [0.25, 0.3) is 44.3 Å². The topological polar surface area (TPSA) is 36.9 Å². The van der Waals surface area contributed by atoms with Gasteiger partial charge >= 0.3 is 194 Å². The van der Waals surface area contributed by atoms with Crippen molar-refractivity contribution in [2.75, 3.05) is 0 Å². The van der Waals surface area contributed by atoms with Crippen molar-refractivity contribution in [2.45, 2.75) is 0 Å². The van der Waals surface area contributed by atoms with E-state index in [0.717, 1.165) is 43.4 Å². The monoisotopic (exact) mass is 661 g/mol. The van der Waals surface area contributed by atoms with Crippen LogP contribution in [0.15, 0.2) is 115 Å². The number of rotatable bonds is 4. The number of para-hydroxylation sites is 3. The minimum atomic E-state index is 0.780. The van der Waals surface area contributed by atoms with Crippen LogP contribution in [0.5, 0.6) is 11.5 Å². The summed E-state index contributed by atoms with van der Waals surface area (Å²) in [5.74, 6) is 2.45. The number of benzene rings is 4. The molecular formula is C31H22N4OPt. The van der Waals surface area contributed by atoms with Crippen molar-refractivity contribution in [3.63, 3.8) is 0 Å². The molecule has 0 N–H and O–H groups in total. The summed E-state index contributed by atoms with van der Waals surface area (Å²) in [6, 6.07) is 37.4. The van der Waals surface area contributed by atoms with Crippen LogP contribution in [0, 0.1) is 3.80 Å². The molecule has 0 aliphatic carbocycles. The van der Waals surface area contributed by atoms with Gasteiger partial charge in [-0.05, 0) is 6.07 Å². The van der Waals surface area contributed by atoms with Gasteiger partial charge in [-0.2, -0.15) is 0 Å². The molecule has 6 heteroatoms. The Balaban J connectivity index is 1.34. The van der Waals surface area contributed by atoms with Crippen molar-refractivity contribution >= 4 is 32.8 Å². The third-order valence-electron chi connectivity index (χ3n) is 6.75. The Morgan fingerprint density at radius 1 is 0.622 bits per heavy atom. The zero-order valence-electron chi connectivity index (χ0n) is 20.0. The first-order valence-corrected chi connectivity index (χ1v) is 13.2. The van der Waals surface area contributed by atoms with Gasteiger partial charge in [-0.1, -0.05) is 18.2 Å². The summed E-state index contributed by atoms with van der Waals surface area (Å²) < 4.78 is 14.2. The zero-order chi connectivity index (χ0) is 24.9. The normalized spacial score (nSPS) is 11.5. The molecule has 0 amide bonds. The van der Waals surface area contributed by atoms with Crippen molar-refractivity contribution in [1.82, 2.24) is 18.7 Å². The Labute approximate surface area is 224 Å². The van der Waals surface area contributed by atoms with E-state index in [2.05, 4.69) is 118 Å². The van der Waals surface area contributed by atoms with E-state index in [9.17, 15) is 0 Å². The average Bonchev–Trinajstić information content (AvgIpc) is 3.40. The fourth-order valence-corrected chi connectivity index (χ4v) is 5.92. The van der Waals surface area contributed by atoms with Crippen LogP contribution >= 0.6 is 0 Å². The van der Waals surface area contributed by atoms with E-state index in [1.54, 1.807) is 0 Å². The van der Waals surface area contributed by atoms with Gasteiger partial charge in [0, 0.05) is 6.20 Å². The molecule has 0 aliphatic rings. The first-order valence-electron chi connectivity index (χ1n) is 12.0. The number of imidazole rings is 1. The van der Waals surface area contributed by atoms with Crippen LogP contribution in [0.4, 0.5) is 0 Å². The molecule has 0 saturated carbocycles. The van der Waals surface area contributed by atoms with E-state index in [1.807, 2.05) is 42.6 Å². The molecule has 3 heterocycles. The fraction of sp³-hybridized carbons (Fsp3) is 0.0323. The van der Waals surface area contributed by atoms with Gasteiger partial charge in [0.2, 0.25) is 0 Å². The fourth-order valence-electron chi connectivity index (χ4n) is 5.08. The molecule has 182 valence electrons. The summed E-state index contributed by atoms with van der Waals surface area (Å²) in [7, 11) is 2.09. The summed E-state index contributed by atoms with van der Waals surface area (Å²) in [4.78, 5) is 4.63. The van der Waals surface area contributed by atoms with E-state index in [0.29, 0.717) is 0 Å². The number of ether oxygens (including phenoxy) is 1. The standard InChI is InChI=1S/C31H22N4O.Pt/c1-33-21-34(29-14-5-4-13-28(29)33)22-9-8-10-23(19-22)36-24-16-17-26-25-11-2-3-12-27(25)35(30(26)20-24)31-15-6-7-18-32-31;/h2-20H,1H3;. The molecule has 0 atom stereocenters. The Morgan fingerprint density at radius 3 is 2.19 bits per heavy atom. The van der Waals surface area contributed by atoms with Crippen molar-refractivity contribution < 1.29 is 24.1 Å². The van der Waals surface area contributed by atoms with E-state index in [4.69, 9.17) is 4.74 Å². The van der Waals surface area contributed by atoms with Gasteiger partial charge in [-0.3, -0.25) is 0 Å². The van der Waals surface area contributed by atoms with Crippen molar-refractivity contribution in [3.8, 4) is 23.0 Å². The molecule has 0 radical (unpaired) electrons. The number of hydrogen-bond acceptors (Lipinski definition) is 2. The van der Waals surface area contributed by atoms with Gasteiger partial charge in [0.15, 0.2) is 0 Å². The maximum absolute atomic E-state index is 6.44. The van der Waals surface area contributed by atoms with Crippen molar-refractivity contribution in [2.24, 2.45) is 7.05 Å². The summed E-state index contributed by atoms with van der Waals surface area (Å²) in [6.07, 6.45) is 1.83. The predicted octanol–water partition coefficient (Wildman–Crippen LogP) is 7.33. The van der Waals surface area contributed by atoms with Crippen LogP contribution in [-0.4, -0.2) is 18.7 Å². The molecule has 0 spiro atoms. The summed E-state index contributed by atoms with van der Waals surface area (Å²) in [5.41, 5.74) is 5.59. The minimum absolute atomic E-state index is 0.780. The van der Waals surface area contributed by atoms with Crippen LogP contribution < -0.4 is 4.74 Å². The van der Waals surface area contributed by atoms with Crippen molar-refractivity contribution in [3.05, 3.63) is 119 Å². The van der Waals surface area contributed by atoms with Gasteiger partial charge in [-0.25, -0.2) is 0 Å². The predicted molar refractivity (Wildman–Crippen MR) is 144 cm³/mol. The van der Waals surface area contributed by atoms with E-state index >= 15 is 0 Å². The van der Waals surface area contributed by atoms with Crippen LogP contribution in [0.3, 0.4) is 0 Å². The quantitative estimate of drug-likeness (QED) is 0.198. The van der Waals surface area contributed by atoms with Gasteiger partial charge in [0.25, 0.3) is 0 Å². The molecule has 5 nitrogen and oxygen atoms in total. The molecule has 4 aromatic carbocycles. The van der Waals surface area contributed by atoms with Gasteiger partial charge in [0.05, 0.1) is 0 Å². The Hall–Kier alpha value is -4.21. The second kappa shape index (κ2) is 8.72. The number of aromatic nitrogens is 4. The van der Waals surface area contributed by atoms with E-state index in [-0.39, 0.29) is 0 Å². The van der Waals surface area contributed by atoms with Gasteiger partial charge in [0.1, 0.15) is 0 Å². The number of nitrogens with zero attached hydrogens (tertiary/aromatic N) is 4. The summed E-state index contributed by atoms with van der Waals surface area (Å²) >= 11 is 2.38. The average molecular weight is 662 g/mol. The molecule has 0 aliphatic heterocycles. The number of fused-ring (bicyclic) bond motifs is 4. The number of pyridine rings is 1. The van der Waals surface area contributed by atoms with Gasteiger partial charge in [-0.15, -0.1) is 0 Å².